The number of hydrogen-bond donors (Lipinski definition) is 1. The van der Waals surface area contributed by atoms with Crippen LogP contribution in [0.3, 0.4) is 0 Å². The minimum atomic E-state index is -0.942. The standard InChI is InChI=1S/C21H20N2O6/c1-14-10-21(2,29-19(14)26)13-23-11-16(18(25)22-20(23)27)12-28-17(24)9-8-15-6-4-3-5-7-15/h3-9,11H,1,10,12-13H2,2H3,(H,22,25,27)/b9-8+. The number of rotatable bonds is 6. The van der Waals surface area contributed by atoms with E-state index in [9.17, 15) is 19.2 Å². The molecule has 8 heteroatoms. The lowest BCUT2D eigenvalue weighted by molar-refractivity contribution is -0.146. The molecule has 1 aliphatic heterocycles. The zero-order valence-corrected chi connectivity index (χ0v) is 15.8. The molecule has 1 saturated heterocycles. The van der Waals surface area contributed by atoms with Crippen molar-refractivity contribution in [3.05, 3.63) is 86.7 Å². The van der Waals surface area contributed by atoms with E-state index in [-0.39, 0.29) is 25.1 Å². The minimum absolute atomic E-state index is 0.0300. The summed E-state index contributed by atoms with van der Waals surface area (Å²) < 4.78 is 11.6. The monoisotopic (exact) mass is 396 g/mol. The molecule has 8 nitrogen and oxygen atoms in total. The fourth-order valence-electron chi connectivity index (χ4n) is 3.00. The van der Waals surface area contributed by atoms with Crippen LogP contribution in [0.15, 0.2) is 64.3 Å². The summed E-state index contributed by atoms with van der Waals surface area (Å²) in [5, 5.41) is 0. The van der Waals surface area contributed by atoms with Crippen molar-refractivity contribution in [1.82, 2.24) is 9.55 Å². The molecule has 2 heterocycles. The van der Waals surface area contributed by atoms with Gasteiger partial charge in [0.1, 0.15) is 12.2 Å². The van der Waals surface area contributed by atoms with Gasteiger partial charge in [0, 0.05) is 24.3 Å². The van der Waals surface area contributed by atoms with Crippen molar-refractivity contribution in [3.63, 3.8) is 0 Å². The maximum atomic E-state index is 12.1. The number of H-pyrrole nitrogens is 1. The van der Waals surface area contributed by atoms with E-state index in [1.54, 1.807) is 13.0 Å². The lowest BCUT2D eigenvalue weighted by atomic mass is 10.0. The quantitative estimate of drug-likeness (QED) is 0.586. The average molecular weight is 396 g/mol. The van der Waals surface area contributed by atoms with Crippen LogP contribution >= 0.6 is 0 Å². The van der Waals surface area contributed by atoms with Gasteiger partial charge in [-0.15, -0.1) is 0 Å². The summed E-state index contributed by atoms with van der Waals surface area (Å²) in [4.78, 5) is 49.8. The van der Waals surface area contributed by atoms with Gasteiger partial charge in [-0.1, -0.05) is 36.9 Å². The summed E-state index contributed by atoms with van der Waals surface area (Å²) in [7, 11) is 0. The number of ether oxygens (including phenoxy) is 2. The molecule has 3 rings (SSSR count). The molecule has 1 aliphatic rings. The number of nitrogens with one attached hydrogen (secondary N) is 1. The van der Waals surface area contributed by atoms with E-state index in [1.165, 1.54) is 16.8 Å². The van der Waals surface area contributed by atoms with Crippen LogP contribution in [-0.2, 0) is 32.2 Å². The molecule has 1 aromatic carbocycles. The van der Waals surface area contributed by atoms with Gasteiger partial charge < -0.3 is 9.47 Å². The molecule has 0 radical (unpaired) electrons. The maximum absolute atomic E-state index is 12.1. The van der Waals surface area contributed by atoms with Crippen LogP contribution < -0.4 is 11.2 Å². The maximum Gasteiger partial charge on any atom is 0.334 e. The number of esters is 2. The second-order valence-corrected chi connectivity index (χ2v) is 7.01. The summed E-state index contributed by atoms with van der Waals surface area (Å²) in [5.41, 5.74) is -0.991. The van der Waals surface area contributed by atoms with Gasteiger partial charge in [-0.3, -0.25) is 14.3 Å². The molecule has 150 valence electrons. The van der Waals surface area contributed by atoms with Crippen molar-refractivity contribution in [3.8, 4) is 0 Å². The van der Waals surface area contributed by atoms with Gasteiger partial charge in [-0.25, -0.2) is 14.4 Å². The van der Waals surface area contributed by atoms with Crippen LogP contribution in [0.25, 0.3) is 6.08 Å². The van der Waals surface area contributed by atoms with Crippen molar-refractivity contribution < 1.29 is 19.1 Å². The van der Waals surface area contributed by atoms with Crippen molar-refractivity contribution >= 4 is 18.0 Å². The van der Waals surface area contributed by atoms with Crippen molar-refractivity contribution in [1.29, 1.82) is 0 Å². The minimum Gasteiger partial charge on any atom is -0.457 e. The fraction of sp³-hybridized carbons (Fsp3) is 0.238. The normalized spacial score (nSPS) is 18.8. The van der Waals surface area contributed by atoms with Gasteiger partial charge in [-0.2, -0.15) is 0 Å². The largest absolute Gasteiger partial charge is 0.457 e. The molecule has 0 bridgehead atoms. The highest BCUT2D eigenvalue weighted by Crippen LogP contribution is 2.30. The first-order valence-electron chi connectivity index (χ1n) is 8.89. The Morgan fingerprint density at radius 3 is 2.69 bits per heavy atom. The van der Waals surface area contributed by atoms with Gasteiger partial charge in [-0.05, 0) is 18.6 Å². The van der Waals surface area contributed by atoms with Crippen LogP contribution in [0, 0.1) is 0 Å². The summed E-state index contributed by atoms with van der Waals surface area (Å²) in [6.07, 6.45) is 4.42. The van der Waals surface area contributed by atoms with Crippen molar-refractivity contribution in [2.24, 2.45) is 0 Å². The zero-order valence-electron chi connectivity index (χ0n) is 15.8. The fourth-order valence-corrected chi connectivity index (χ4v) is 3.00. The first-order valence-corrected chi connectivity index (χ1v) is 8.89. The Hall–Kier alpha value is -3.68. The number of carbonyl (C=O) groups is 2. The molecule has 0 amide bonds. The highest BCUT2D eigenvalue weighted by atomic mass is 16.6. The van der Waals surface area contributed by atoms with E-state index in [4.69, 9.17) is 9.47 Å². The SMILES string of the molecule is C=C1CC(C)(Cn2cc(COC(=O)/C=C/c3ccccc3)c(=O)[nH]c2=O)OC1=O. The van der Waals surface area contributed by atoms with E-state index in [1.807, 2.05) is 30.3 Å². The van der Waals surface area contributed by atoms with Crippen LogP contribution in [0.5, 0.6) is 0 Å². The van der Waals surface area contributed by atoms with E-state index in [0.29, 0.717) is 5.57 Å². The Morgan fingerprint density at radius 2 is 2.03 bits per heavy atom. The van der Waals surface area contributed by atoms with Crippen LogP contribution in [-0.4, -0.2) is 27.1 Å². The summed E-state index contributed by atoms with van der Waals surface area (Å²) in [6, 6.07) is 9.20. The van der Waals surface area contributed by atoms with Gasteiger partial charge in [0.05, 0.1) is 12.1 Å². The first kappa shape index (κ1) is 20.1. The highest BCUT2D eigenvalue weighted by molar-refractivity contribution is 5.90. The van der Waals surface area contributed by atoms with Crippen molar-refractivity contribution in [2.45, 2.75) is 32.1 Å². The predicted octanol–water partition coefficient (Wildman–Crippen LogP) is 1.55. The zero-order chi connectivity index (χ0) is 21.0. The molecular formula is C21H20N2O6. The predicted molar refractivity (Wildman–Crippen MR) is 105 cm³/mol. The third kappa shape index (κ3) is 4.98. The van der Waals surface area contributed by atoms with E-state index >= 15 is 0 Å². The van der Waals surface area contributed by atoms with Crippen molar-refractivity contribution in [2.75, 3.05) is 0 Å². The molecule has 1 atom stereocenters. The lowest BCUT2D eigenvalue weighted by Crippen LogP contribution is -2.39. The Labute approximate surface area is 166 Å². The third-order valence-corrected chi connectivity index (χ3v) is 4.39. The number of aromatic amines is 1. The molecule has 1 aromatic heterocycles. The average Bonchev–Trinajstić information content (AvgIpc) is 2.93. The van der Waals surface area contributed by atoms with Gasteiger partial charge in [0.15, 0.2) is 0 Å². The van der Waals surface area contributed by atoms with Crippen LogP contribution in [0.1, 0.15) is 24.5 Å². The topological polar surface area (TPSA) is 107 Å². The Kier molecular flexibility index (Phi) is 5.63. The third-order valence-electron chi connectivity index (χ3n) is 4.39. The Morgan fingerprint density at radius 1 is 1.31 bits per heavy atom. The smallest absolute Gasteiger partial charge is 0.334 e. The number of cyclic esters (lactones) is 1. The number of hydrogen-bond acceptors (Lipinski definition) is 6. The summed E-state index contributed by atoms with van der Waals surface area (Å²) in [5.74, 6) is -1.14. The van der Waals surface area contributed by atoms with Gasteiger partial charge in [0.2, 0.25) is 0 Å². The van der Waals surface area contributed by atoms with Gasteiger partial charge in [0.25, 0.3) is 5.56 Å². The molecule has 1 unspecified atom stereocenters. The molecule has 0 saturated carbocycles. The highest BCUT2D eigenvalue weighted by Gasteiger charge is 2.39. The van der Waals surface area contributed by atoms with E-state index in [0.717, 1.165) is 5.56 Å². The molecule has 29 heavy (non-hydrogen) atoms. The first-order chi connectivity index (χ1) is 13.8. The van der Waals surface area contributed by atoms with Gasteiger partial charge >= 0.3 is 17.6 Å². The molecule has 0 aliphatic carbocycles. The number of benzene rings is 1. The molecule has 1 N–H and O–H groups in total. The molecular weight excluding hydrogens is 376 g/mol. The summed E-state index contributed by atoms with van der Waals surface area (Å²) in [6.45, 7) is 5.03. The molecule has 2 aromatic rings. The lowest BCUT2D eigenvalue weighted by Gasteiger charge is -2.23. The molecule has 0 spiro atoms. The van der Waals surface area contributed by atoms with Crippen LogP contribution in [0.4, 0.5) is 0 Å². The number of aromatic nitrogens is 2. The Bertz CT molecular complexity index is 1080. The van der Waals surface area contributed by atoms with E-state index < -0.39 is 28.8 Å². The molecule has 1 fully saturated rings. The van der Waals surface area contributed by atoms with Crippen LogP contribution in [0.2, 0.25) is 0 Å². The van der Waals surface area contributed by atoms with E-state index in [2.05, 4.69) is 11.6 Å². The summed E-state index contributed by atoms with van der Waals surface area (Å²) >= 11 is 0. The number of carbonyl (C=O) groups excluding carboxylic acids is 2. The Balaban J connectivity index is 1.69. The second kappa shape index (κ2) is 8.14. The number of nitrogens with zero attached hydrogens (tertiary/aromatic N) is 1. The second-order valence-electron chi connectivity index (χ2n) is 7.01.